The SMILES string of the molecule is CC.CC.CCCC(=O)c1cccc2c1CC(C)CC2. The maximum atomic E-state index is 12.0. The first kappa shape index (κ1) is 18.9. The van der Waals surface area contributed by atoms with Gasteiger partial charge in [-0.2, -0.15) is 0 Å². The van der Waals surface area contributed by atoms with Crippen LogP contribution in [0, 0.1) is 5.92 Å². The molecule has 0 heterocycles. The standard InChI is InChI=1S/C15H20O.2C2H6/c1-3-5-15(16)13-7-4-6-12-9-8-11(2)10-14(12)13;2*1-2/h4,6-7,11H,3,5,8-10H2,1-2H3;2*1-2H3. The second-order valence-corrected chi connectivity index (χ2v) is 4.96. The van der Waals surface area contributed by atoms with Crippen LogP contribution in [-0.2, 0) is 12.8 Å². The molecule has 0 saturated carbocycles. The molecule has 0 bridgehead atoms. The van der Waals surface area contributed by atoms with E-state index in [1.54, 1.807) is 0 Å². The molecule has 0 amide bonds. The first-order valence-electron chi connectivity index (χ1n) is 8.36. The van der Waals surface area contributed by atoms with Crippen LogP contribution in [0.1, 0.15) is 82.3 Å². The van der Waals surface area contributed by atoms with Gasteiger partial charge in [-0.3, -0.25) is 4.79 Å². The van der Waals surface area contributed by atoms with E-state index in [-0.39, 0.29) is 0 Å². The second-order valence-electron chi connectivity index (χ2n) is 4.96. The van der Waals surface area contributed by atoms with Crippen LogP contribution in [0.15, 0.2) is 18.2 Å². The molecule has 2 rings (SSSR count). The van der Waals surface area contributed by atoms with E-state index in [4.69, 9.17) is 0 Å². The molecule has 0 spiro atoms. The monoisotopic (exact) mass is 276 g/mol. The Kier molecular flexibility index (Phi) is 10.1. The van der Waals surface area contributed by atoms with E-state index in [2.05, 4.69) is 19.9 Å². The number of ketones is 1. The van der Waals surface area contributed by atoms with Crippen molar-refractivity contribution >= 4 is 5.78 Å². The summed E-state index contributed by atoms with van der Waals surface area (Å²) in [6.45, 7) is 12.3. The van der Waals surface area contributed by atoms with Gasteiger partial charge in [-0.25, -0.2) is 0 Å². The maximum Gasteiger partial charge on any atom is 0.163 e. The predicted molar refractivity (Wildman–Crippen MR) is 89.6 cm³/mol. The average Bonchev–Trinajstić information content (AvgIpc) is 2.51. The van der Waals surface area contributed by atoms with Gasteiger partial charge in [-0.05, 0) is 42.7 Å². The van der Waals surface area contributed by atoms with Gasteiger partial charge in [0, 0.05) is 12.0 Å². The van der Waals surface area contributed by atoms with Crippen LogP contribution in [0.2, 0.25) is 0 Å². The summed E-state index contributed by atoms with van der Waals surface area (Å²) in [5.74, 6) is 1.05. The highest BCUT2D eigenvalue weighted by Crippen LogP contribution is 2.28. The Bertz CT molecular complexity index is 393. The van der Waals surface area contributed by atoms with E-state index in [1.165, 1.54) is 17.5 Å². The molecule has 0 aromatic heterocycles. The molecule has 20 heavy (non-hydrogen) atoms. The van der Waals surface area contributed by atoms with Gasteiger partial charge in [0.1, 0.15) is 0 Å². The Morgan fingerprint density at radius 2 is 1.85 bits per heavy atom. The molecule has 1 aliphatic rings. The molecule has 0 aliphatic heterocycles. The van der Waals surface area contributed by atoms with Gasteiger partial charge in [0.05, 0.1) is 0 Å². The smallest absolute Gasteiger partial charge is 0.163 e. The van der Waals surface area contributed by atoms with Crippen LogP contribution in [0.25, 0.3) is 0 Å². The van der Waals surface area contributed by atoms with Gasteiger partial charge in [0.25, 0.3) is 0 Å². The lowest BCUT2D eigenvalue weighted by Crippen LogP contribution is -2.15. The molecule has 1 aromatic rings. The number of carbonyl (C=O) groups is 1. The second kappa shape index (κ2) is 10.7. The van der Waals surface area contributed by atoms with Crippen molar-refractivity contribution in [1.82, 2.24) is 0 Å². The summed E-state index contributed by atoms with van der Waals surface area (Å²) < 4.78 is 0. The molecule has 1 aliphatic carbocycles. The van der Waals surface area contributed by atoms with Crippen LogP contribution in [0.4, 0.5) is 0 Å². The van der Waals surface area contributed by atoms with Crippen molar-refractivity contribution in [2.45, 2.75) is 73.6 Å². The van der Waals surface area contributed by atoms with Gasteiger partial charge >= 0.3 is 0 Å². The molecule has 1 heteroatoms. The Morgan fingerprint density at radius 3 is 2.45 bits per heavy atom. The van der Waals surface area contributed by atoms with Crippen LogP contribution in [-0.4, -0.2) is 5.78 Å². The third kappa shape index (κ3) is 5.11. The molecule has 114 valence electrons. The summed E-state index contributed by atoms with van der Waals surface area (Å²) in [4.78, 5) is 12.0. The fourth-order valence-electron chi connectivity index (χ4n) is 2.59. The molecule has 1 atom stereocenters. The lowest BCUT2D eigenvalue weighted by molar-refractivity contribution is 0.0980. The number of Topliss-reactive ketones (excluding diaryl/α,β-unsaturated/α-hetero) is 1. The first-order valence-corrected chi connectivity index (χ1v) is 8.36. The van der Waals surface area contributed by atoms with Crippen LogP contribution < -0.4 is 0 Å². The Morgan fingerprint density at radius 1 is 1.20 bits per heavy atom. The zero-order valence-corrected chi connectivity index (χ0v) is 14.3. The quantitative estimate of drug-likeness (QED) is 0.633. The number of aryl methyl sites for hydroxylation is 1. The van der Waals surface area contributed by atoms with Crippen molar-refractivity contribution in [3.63, 3.8) is 0 Å². The molecule has 0 fully saturated rings. The topological polar surface area (TPSA) is 17.1 Å². The summed E-state index contributed by atoms with van der Waals surface area (Å²) in [7, 11) is 0. The van der Waals surface area contributed by atoms with Crippen molar-refractivity contribution in [2.24, 2.45) is 5.92 Å². The van der Waals surface area contributed by atoms with Gasteiger partial charge in [0.15, 0.2) is 5.78 Å². The first-order chi connectivity index (χ1) is 9.72. The molecule has 0 saturated heterocycles. The summed E-state index contributed by atoms with van der Waals surface area (Å²) >= 11 is 0. The van der Waals surface area contributed by atoms with Crippen molar-refractivity contribution in [2.75, 3.05) is 0 Å². The number of carbonyl (C=O) groups excluding carboxylic acids is 1. The van der Waals surface area contributed by atoms with Gasteiger partial charge < -0.3 is 0 Å². The lowest BCUT2D eigenvalue weighted by Gasteiger charge is -2.23. The largest absolute Gasteiger partial charge is 0.294 e. The van der Waals surface area contributed by atoms with E-state index in [0.717, 1.165) is 30.7 Å². The number of hydrogen-bond acceptors (Lipinski definition) is 1. The fraction of sp³-hybridized carbons (Fsp3) is 0.632. The Hall–Kier alpha value is -1.11. The van der Waals surface area contributed by atoms with Crippen molar-refractivity contribution in [3.8, 4) is 0 Å². The van der Waals surface area contributed by atoms with Crippen LogP contribution in [0.5, 0.6) is 0 Å². The lowest BCUT2D eigenvalue weighted by atomic mass is 9.81. The predicted octanol–water partition coefficient (Wildman–Crippen LogP) is 5.85. The van der Waals surface area contributed by atoms with E-state index < -0.39 is 0 Å². The molecule has 0 radical (unpaired) electrons. The Labute approximate surface area is 125 Å². The van der Waals surface area contributed by atoms with Crippen molar-refractivity contribution in [1.29, 1.82) is 0 Å². The third-order valence-corrected chi connectivity index (χ3v) is 3.51. The van der Waals surface area contributed by atoms with Crippen LogP contribution >= 0.6 is 0 Å². The summed E-state index contributed by atoms with van der Waals surface area (Å²) in [5.41, 5.74) is 3.73. The van der Waals surface area contributed by atoms with Crippen molar-refractivity contribution in [3.05, 3.63) is 34.9 Å². The van der Waals surface area contributed by atoms with E-state index in [0.29, 0.717) is 12.2 Å². The summed E-state index contributed by atoms with van der Waals surface area (Å²) in [6.07, 6.45) is 5.12. The third-order valence-electron chi connectivity index (χ3n) is 3.51. The van der Waals surface area contributed by atoms with Gasteiger partial charge in [-0.15, -0.1) is 0 Å². The highest BCUT2D eigenvalue weighted by atomic mass is 16.1. The molecule has 0 N–H and O–H groups in total. The number of fused-ring (bicyclic) bond motifs is 1. The van der Waals surface area contributed by atoms with E-state index in [9.17, 15) is 4.79 Å². The van der Waals surface area contributed by atoms with Gasteiger partial charge in [-0.1, -0.05) is 59.7 Å². The molecule has 1 nitrogen and oxygen atoms in total. The highest BCUT2D eigenvalue weighted by molar-refractivity contribution is 5.97. The fourth-order valence-corrected chi connectivity index (χ4v) is 2.59. The summed E-state index contributed by atoms with van der Waals surface area (Å²) in [5, 5.41) is 0. The number of rotatable bonds is 3. The molecular weight excluding hydrogens is 244 g/mol. The van der Waals surface area contributed by atoms with Crippen LogP contribution in [0.3, 0.4) is 0 Å². The minimum atomic E-state index is 0.327. The van der Waals surface area contributed by atoms with E-state index in [1.807, 2.05) is 39.8 Å². The summed E-state index contributed by atoms with van der Waals surface area (Å²) in [6, 6.07) is 6.23. The molecule has 1 aromatic carbocycles. The zero-order valence-electron chi connectivity index (χ0n) is 14.3. The maximum absolute atomic E-state index is 12.0. The number of hydrogen-bond donors (Lipinski definition) is 0. The molecular formula is C19H32O. The van der Waals surface area contributed by atoms with Gasteiger partial charge in [0.2, 0.25) is 0 Å². The van der Waals surface area contributed by atoms with Crippen molar-refractivity contribution < 1.29 is 4.79 Å². The highest BCUT2D eigenvalue weighted by Gasteiger charge is 2.20. The minimum absolute atomic E-state index is 0.327. The minimum Gasteiger partial charge on any atom is -0.294 e. The molecule has 1 unspecified atom stereocenters. The Balaban J connectivity index is 0.000000829. The normalized spacial score (nSPS) is 16.0. The average molecular weight is 276 g/mol. The number of benzene rings is 1. The van der Waals surface area contributed by atoms with E-state index >= 15 is 0 Å². The zero-order chi connectivity index (χ0) is 15.5.